The molecule has 0 atom stereocenters. The summed E-state index contributed by atoms with van der Waals surface area (Å²) in [6.45, 7) is -2.11. The van der Waals surface area contributed by atoms with Crippen LogP contribution in [-0.4, -0.2) is 0 Å². The molecule has 0 N–H and O–H groups in total. The van der Waals surface area contributed by atoms with Crippen molar-refractivity contribution in [2.45, 2.75) is 6.85 Å². The average Bonchev–Trinajstić information content (AvgIpc) is 3.51. The molecule has 206 valence electrons. The fraction of sp³-hybridized carbons (Fsp3) is 0.0233. The average molecular weight is 580 g/mol. The molecule has 0 bridgehead atoms. The molecule has 8 aromatic carbocycles. The molecule has 44 heavy (non-hydrogen) atoms. The quantitative estimate of drug-likeness (QED) is 0.183. The van der Waals surface area contributed by atoms with Gasteiger partial charge in [-0.3, -0.25) is 0 Å². The van der Waals surface area contributed by atoms with Crippen LogP contribution in [0.3, 0.4) is 0 Å². The molecule has 0 unspecified atom stereocenters. The predicted molar refractivity (Wildman–Crippen MR) is 193 cm³/mol. The third-order valence-electron chi connectivity index (χ3n) is 8.97. The summed E-state index contributed by atoms with van der Waals surface area (Å²) in [5.74, 6) is 0. The molecule has 0 radical (unpaired) electrons. The van der Waals surface area contributed by atoms with Gasteiger partial charge in [-0.2, -0.15) is 0 Å². The zero-order chi connectivity index (χ0) is 31.7. The Bertz CT molecular complexity index is 2630. The molecule has 1 aromatic heterocycles. The van der Waals surface area contributed by atoms with Crippen LogP contribution in [0.1, 0.15) is 9.68 Å². The first kappa shape index (κ1) is 22.3. The van der Waals surface area contributed by atoms with Gasteiger partial charge in [0.25, 0.3) is 0 Å². The van der Waals surface area contributed by atoms with Crippen LogP contribution >= 0.6 is 11.3 Å². The third-order valence-corrected chi connectivity index (χ3v) is 10.3. The Kier molecular flexibility index (Phi) is 5.03. The highest BCUT2D eigenvalue weighted by Crippen LogP contribution is 2.44. The number of fused-ring (bicyclic) bond motifs is 9. The van der Waals surface area contributed by atoms with Crippen molar-refractivity contribution in [1.29, 1.82) is 0 Å². The molecule has 0 aliphatic rings. The van der Waals surface area contributed by atoms with Crippen molar-refractivity contribution in [3.63, 3.8) is 0 Å². The van der Waals surface area contributed by atoms with E-state index in [0.29, 0.717) is 5.56 Å². The molecular formula is C43H28S. The molecule has 1 heteroatoms. The summed E-state index contributed by atoms with van der Waals surface area (Å²) in [5.41, 5.74) is 7.30. The van der Waals surface area contributed by atoms with E-state index in [1.807, 2.05) is 23.5 Å². The van der Waals surface area contributed by atoms with E-state index in [2.05, 4.69) is 127 Å². The van der Waals surface area contributed by atoms with E-state index in [9.17, 15) is 0 Å². The summed E-state index contributed by atoms with van der Waals surface area (Å²) in [4.78, 5) is 0. The van der Waals surface area contributed by atoms with Crippen LogP contribution < -0.4 is 0 Å². The zero-order valence-corrected chi connectivity index (χ0v) is 24.7. The fourth-order valence-electron chi connectivity index (χ4n) is 6.88. The van der Waals surface area contributed by atoms with Gasteiger partial charge in [-0.05, 0) is 84.7 Å². The van der Waals surface area contributed by atoms with Gasteiger partial charge in [0.05, 0.1) is 0 Å². The van der Waals surface area contributed by atoms with Gasteiger partial charge in [0.2, 0.25) is 0 Å². The minimum Gasteiger partial charge on any atom is -0.134 e. The molecule has 0 nitrogen and oxygen atoms in total. The van der Waals surface area contributed by atoms with E-state index in [1.165, 1.54) is 74.7 Å². The van der Waals surface area contributed by atoms with E-state index in [0.717, 1.165) is 11.1 Å². The van der Waals surface area contributed by atoms with Crippen LogP contribution in [0.4, 0.5) is 0 Å². The van der Waals surface area contributed by atoms with Gasteiger partial charge >= 0.3 is 0 Å². The first-order valence-electron chi connectivity index (χ1n) is 16.4. The van der Waals surface area contributed by atoms with Crippen molar-refractivity contribution in [2.24, 2.45) is 0 Å². The van der Waals surface area contributed by atoms with Crippen molar-refractivity contribution in [2.75, 3.05) is 0 Å². The fourth-order valence-corrected chi connectivity index (χ4v) is 8.25. The van der Waals surface area contributed by atoms with E-state index in [1.54, 1.807) is 12.1 Å². The second-order valence-corrected chi connectivity index (χ2v) is 12.5. The maximum atomic E-state index is 7.76. The van der Waals surface area contributed by atoms with Crippen LogP contribution in [0.2, 0.25) is 0 Å². The molecule has 0 saturated heterocycles. The Hall–Kier alpha value is -5.24. The number of benzene rings is 8. The van der Waals surface area contributed by atoms with Crippen LogP contribution in [0.15, 0.2) is 152 Å². The first-order valence-corrected chi connectivity index (χ1v) is 15.7. The SMILES string of the molecule is [2H]C([2H])([2H])c1ccc(-c2cccc3c2sc2c(-c4cccc(-c5ccc6c7ccccc7c7ccccc7c6c5)c4)cccc23)cc1. The Morgan fingerprint density at radius 2 is 0.841 bits per heavy atom. The molecular weight excluding hydrogens is 549 g/mol. The van der Waals surface area contributed by atoms with Gasteiger partial charge < -0.3 is 0 Å². The highest BCUT2D eigenvalue weighted by atomic mass is 32.1. The van der Waals surface area contributed by atoms with E-state index < -0.39 is 6.85 Å². The van der Waals surface area contributed by atoms with E-state index in [-0.39, 0.29) is 0 Å². The number of rotatable bonds is 3. The summed E-state index contributed by atoms with van der Waals surface area (Å²) in [6, 6.07) is 53.6. The minimum absolute atomic E-state index is 0.361. The summed E-state index contributed by atoms with van der Waals surface area (Å²) < 4.78 is 25.7. The van der Waals surface area contributed by atoms with Gasteiger partial charge in [-0.1, -0.05) is 145 Å². The second kappa shape index (κ2) is 9.91. The van der Waals surface area contributed by atoms with Crippen LogP contribution in [0, 0.1) is 6.85 Å². The topological polar surface area (TPSA) is 0 Å². The summed E-state index contributed by atoms with van der Waals surface area (Å²) in [5, 5.41) is 10.1. The van der Waals surface area contributed by atoms with Gasteiger partial charge in [-0.15, -0.1) is 11.3 Å². The first-order chi connectivity index (χ1) is 22.9. The zero-order valence-electron chi connectivity index (χ0n) is 26.8. The van der Waals surface area contributed by atoms with Gasteiger partial charge in [0, 0.05) is 24.3 Å². The summed E-state index contributed by atoms with van der Waals surface area (Å²) in [7, 11) is 0. The second-order valence-electron chi connectivity index (χ2n) is 11.5. The monoisotopic (exact) mass is 579 g/mol. The molecule has 0 aliphatic carbocycles. The molecule has 9 aromatic rings. The smallest absolute Gasteiger partial charge is 0.0434 e. The normalized spacial score (nSPS) is 13.0. The molecule has 1 heterocycles. The van der Waals surface area contributed by atoms with E-state index in [4.69, 9.17) is 4.11 Å². The maximum Gasteiger partial charge on any atom is 0.0434 e. The standard InChI is InChI=1S/C43H28S/c1-27-19-21-28(22-20-27)32-15-7-17-39-40-18-8-16-33(43(40)44-42(32)39)31-10-6-9-29(25-31)30-23-24-38-36-13-3-2-11-34(36)35-12-4-5-14-37(35)41(38)26-30/h2-26H,1H3/i1D3. The Morgan fingerprint density at radius 1 is 0.364 bits per heavy atom. The molecule has 0 amide bonds. The summed E-state index contributed by atoms with van der Waals surface area (Å²) in [6.07, 6.45) is 0. The van der Waals surface area contributed by atoms with E-state index >= 15 is 0 Å². The van der Waals surface area contributed by atoms with Crippen molar-refractivity contribution in [3.05, 3.63) is 157 Å². The Morgan fingerprint density at radius 3 is 1.48 bits per heavy atom. The Labute approximate surface area is 264 Å². The van der Waals surface area contributed by atoms with Crippen LogP contribution in [0.5, 0.6) is 0 Å². The Balaban J connectivity index is 1.18. The molecule has 0 fully saturated rings. The molecule has 0 aliphatic heterocycles. The van der Waals surface area contributed by atoms with Gasteiger partial charge in [0.1, 0.15) is 0 Å². The number of hydrogen-bond donors (Lipinski definition) is 0. The number of thiophene rings is 1. The van der Waals surface area contributed by atoms with Crippen molar-refractivity contribution < 1.29 is 4.11 Å². The van der Waals surface area contributed by atoms with Crippen LogP contribution in [-0.2, 0) is 0 Å². The molecule has 0 spiro atoms. The van der Waals surface area contributed by atoms with Crippen molar-refractivity contribution in [1.82, 2.24) is 0 Å². The van der Waals surface area contributed by atoms with Gasteiger partial charge in [-0.25, -0.2) is 0 Å². The highest BCUT2D eigenvalue weighted by molar-refractivity contribution is 7.26. The van der Waals surface area contributed by atoms with Crippen molar-refractivity contribution in [3.8, 4) is 33.4 Å². The van der Waals surface area contributed by atoms with Crippen molar-refractivity contribution >= 4 is 63.8 Å². The largest absolute Gasteiger partial charge is 0.134 e. The van der Waals surface area contributed by atoms with Gasteiger partial charge in [0.15, 0.2) is 0 Å². The third kappa shape index (κ3) is 3.90. The lowest BCUT2D eigenvalue weighted by Gasteiger charge is -2.12. The predicted octanol–water partition coefficient (Wildman–Crippen LogP) is 12.8. The minimum atomic E-state index is -2.11. The lowest BCUT2D eigenvalue weighted by molar-refractivity contribution is 1.47. The number of aryl methyl sites for hydroxylation is 1. The number of hydrogen-bond acceptors (Lipinski definition) is 1. The van der Waals surface area contributed by atoms with Crippen LogP contribution in [0.25, 0.3) is 85.9 Å². The molecule has 9 rings (SSSR count). The lowest BCUT2D eigenvalue weighted by atomic mass is 9.91. The maximum absolute atomic E-state index is 7.76. The summed E-state index contributed by atoms with van der Waals surface area (Å²) >= 11 is 1.81. The lowest BCUT2D eigenvalue weighted by Crippen LogP contribution is -1.86. The highest BCUT2D eigenvalue weighted by Gasteiger charge is 2.15. The molecule has 0 saturated carbocycles.